The first kappa shape index (κ1) is 29.2. The van der Waals surface area contributed by atoms with Gasteiger partial charge in [0.1, 0.15) is 17.6 Å². The second-order valence-electron chi connectivity index (χ2n) is 10.4. The Balaban J connectivity index is 1.20. The largest absolute Gasteiger partial charge is 0.573 e. The van der Waals surface area contributed by atoms with Crippen LogP contribution in [0.4, 0.5) is 18.9 Å². The summed E-state index contributed by atoms with van der Waals surface area (Å²) >= 11 is 0. The van der Waals surface area contributed by atoms with Gasteiger partial charge in [-0.25, -0.2) is 0 Å². The smallest absolute Gasteiger partial charge is 0.490 e. The van der Waals surface area contributed by atoms with Gasteiger partial charge in [-0.05, 0) is 78.8 Å². The molecule has 0 radical (unpaired) electrons. The molecule has 1 aliphatic heterocycles. The fourth-order valence-electron chi connectivity index (χ4n) is 5.28. The van der Waals surface area contributed by atoms with E-state index in [0.717, 1.165) is 44.5 Å². The summed E-state index contributed by atoms with van der Waals surface area (Å²) in [4.78, 5) is 15.9. The summed E-state index contributed by atoms with van der Waals surface area (Å²) < 4.78 is 48.0. The van der Waals surface area contributed by atoms with Crippen LogP contribution >= 0.6 is 0 Å². The van der Waals surface area contributed by atoms with Crippen LogP contribution in [0.3, 0.4) is 0 Å². The van der Waals surface area contributed by atoms with E-state index in [9.17, 15) is 18.0 Å². The summed E-state index contributed by atoms with van der Waals surface area (Å²) in [7, 11) is 0. The SMILES string of the molecule is Cc1cccc(C(=O)Nc2cccc(OC3CCN(CCc4ccccc4)CC3)c2)c1-c1ccc(OC(F)(F)F)cc1. The maximum absolute atomic E-state index is 13.4. The topological polar surface area (TPSA) is 50.8 Å². The number of hydrogen-bond donors (Lipinski definition) is 1. The molecular formula is C34H33F3N2O3. The summed E-state index contributed by atoms with van der Waals surface area (Å²) in [5.74, 6) is 0.0500. The minimum atomic E-state index is -4.77. The number of benzene rings is 4. The molecular weight excluding hydrogens is 541 g/mol. The number of carbonyl (C=O) groups excluding carboxylic acids is 1. The van der Waals surface area contributed by atoms with Crippen LogP contribution in [0, 0.1) is 6.92 Å². The van der Waals surface area contributed by atoms with Gasteiger partial charge in [-0.2, -0.15) is 0 Å². The molecule has 8 heteroatoms. The number of amides is 1. The molecule has 42 heavy (non-hydrogen) atoms. The number of carbonyl (C=O) groups is 1. The lowest BCUT2D eigenvalue weighted by molar-refractivity contribution is -0.274. The minimum Gasteiger partial charge on any atom is -0.490 e. The second-order valence-corrected chi connectivity index (χ2v) is 10.4. The van der Waals surface area contributed by atoms with Crippen molar-refractivity contribution in [2.75, 3.05) is 25.0 Å². The van der Waals surface area contributed by atoms with E-state index >= 15 is 0 Å². The van der Waals surface area contributed by atoms with Gasteiger partial charge in [0.25, 0.3) is 5.91 Å². The molecule has 1 saturated heterocycles. The van der Waals surface area contributed by atoms with Gasteiger partial charge in [-0.1, -0.05) is 60.7 Å². The summed E-state index contributed by atoms with van der Waals surface area (Å²) in [5, 5.41) is 2.95. The predicted molar refractivity (Wildman–Crippen MR) is 158 cm³/mol. The van der Waals surface area contributed by atoms with Crippen LogP contribution in [0.25, 0.3) is 11.1 Å². The van der Waals surface area contributed by atoms with Crippen LogP contribution in [0.1, 0.15) is 34.3 Å². The van der Waals surface area contributed by atoms with Gasteiger partial charge in [-0.3, -0.25) is 4.79 Å². The fourth-order valence-corrected chi connectivity index (χ4v) is 5.28. The summed E-state index contributed by atoms with van der Waals surface area (Å²) in [6, 6.07) is 28.7. The zero-order valence-corrected chi connectivity index (χ0v) is 23.4. The first-order chi connectivity index (χ1) is 20.2. The lowest BCUT2D eigenvalue weighted by atomic mass is 9.94. The van der Waals surface area contributed by atoms with E-state index in [1.54, 1.807) is 18.2 Å². The van der Waals surface area contributed by atoms with Crippen molar-refractivity contribution in [3.63, 3.8) is 0 Å². The van der Waals surface area contributed by atoms with Gasteiger partial charge in [-0.15, -0.1) is 13.2 Å². The number of nitrogens with one attached hydrogen (secondary N) is 1. The van der Waals surface area contributed by atoms with Gasteiger partial charge >= 0.3 is 6.36 Å². The van der Waals surface area contributed by atoms with Crippen molar-refractivity contribution in [2.24, 2.45) is 0 Å². The molecule has 4 aromatic rings. The van der Waals surface area contributed by atoms with E-state index in [0.29, 0.717) is 28.1 Å². The number of ether oxygens (including phenoxy) is 2. The van der Waals surface area contributed by atoms with E-state index < -0.39 is 6.36 Å². The number of halogens is 3. The molecule has 5 rings (SSSR count). The summed E-state index contributed by atoms with van der Waals surface area (Å²) in [6.07, 6.45) is -1.76. The van der Waals surface area contributed by atoms with E-state index in [-0.39, 0.29) is 17.8 Å². The highest BCUT2D eigenvalue weighted by Gasteiger charge is 2.31. The van der Waals surface area contributed by atoms with Crippen molar-refractivity contribution in [1.82, 2.24) is 4.90 Å². The minimum absolute atomic E-state index is 0.108. The quantitative estimate of drug-likeness (QED) is 0.221. The number of alkyl halides is 3. The van der Waals surface area contributed by atoms with E-state index in [2.05, 4.69) is 39.2 Å². The Bertz CT molecular complexity index is 1480. The Hall–Kier alpha value is -4.30. The standard InChI is InChI=1S/C34H33F3N2O3/c1-24-7-5-12-31(32(24)26-13-15-29(16-14-26)42-34(35,36)37)33(40)38-27-10-6-11-30(23-27)41-28-18-21-39(22-19-28)20-17-25-8-3-2-4-9-25/h2-16,23,28H,17-22H2,1H3,(H,38,40). The van der Waals surface area contributed by atoms with Crippen molar-refractivity contribution < 1.29 is 27.4 Å². The molecule has 0 unspecified atom stereocenters. The van der Waals surface area contributed by atoms with Crippen molar-refractivity contribution >= 4 is 11.6 Å². The number of likely N-dealkylation sites (tertiary alicyclic amines) is 1. The molecule has 0 aromatic heterocycles. The maximum Gasteiger partial charge on any atom is 0.573 e. The average Bonchev–Trinajstić information content (AvgIpc) is 2.97. The highest BCUT2D eigenvalue weighted by atomic mass is 19.4. The van der Waals surface area contributed by atoms with Crippen LogP contribution in [0.5, 0.6) is 11.5 Å². The molecule has 1 aliphatic rings. The number of aryl methyl sites for hydroxylation is 1. The molecule has 218 valence electrons. The van der Waals surface area contributed by atoms with Crippen LogP contribution in [-0.4, -0.2) is 42.9 Å². The zero-order chi connectivity index (χ0) is 29.5. The summed E-state index contributed by atoms with van der Waals surface area (Å²) in [6.45, 7) is 4.85. The first-order valence-corrected chi connectivity index (χ1v) is 14.0. The second kappa shape index (κ2) is 13.1. The number of hydrogen-bond acceptors (Lipinski definition) is 4. The van der Waals surface area contributed by atoms with Crippen LogP contribution < -0.4 is 14.8 Å². The highest BCUT2D eigenvalue weighted by Crippen LogP contribution is 2.32. The van der Waals surface area contributed by atoms with Gasteiger partial charge < -0.3 is 19.7 Å². The van der Waals surface area contributed by atoms with Crippen LogP contribution in [0.15, 0.2) is 97.1 Å². The third-order valence-electron chi connectivity index (χ3n) is 7.38. The Labute approximate surface area is 243 Å². The lowest BCUT2D eigenvalue weighted by Crippen LogP contribution is -2.39. The Morgan fingerprint density at radius 3 is 2.31 bits per heavy atom. The van der Waals surface area contributed by atoms with E-state index in [4.69, 9.17) is 4.74 Å². The highest BCUT2D eigenvalue weighted by molar-refractivity contribution is 6.09. The van der Waals surface area contributed by atoms with Gasteiger partial charge in [0.05, 0.1) is 0 Å². The Kier molecular flexibility index (Phi) is 9.12. The molecule has 0 spiro atoms. The molecule has 4 aromatic carbocycles. The molecule has 5 nitrogen and oxygen atoms in total. The number of rotatable bonds is 9. The fraction of sp³-hybridized carbons (Fsp3) is 0.265. The normalized spacial score (nSPS) is 14.4. The number of anilines is 1. The van der Waals surface area contributed by atoms with Crippen molar-refractivity contribution in [3.8, 4) is 22.6 Å². The van der Waals surface area contributed by atoms with Gasteiger partial charge in [0.15, 0.2) is 0 Å². The molecule has 1 fully saturated rings. The third kappa shape index (κ3) is 7.91. The number of nitrogens with zero attached hydrogens (tertiary/aromatic N) is 1. The maximum atomic E-state index is 13.4. The van der Waals surface area contributed by atoms with Crippen LogP contribution in [0.2, 0.25) is 0 Å². The molecule has 0 bridgehead atoms. The van der Waals surface area contributed by atoms with Crippen molar-refractivity contribution in [2.45, 2.75) is 38.7 Å². The first-order valence-electron chi connectivity index (χ1n) is 14.0. The van der Waals surface area contributed by atoms with Gasteiger partial charge in [0, 0.05) is 37.0 Å². The molecule has 0 saturated carbocycles. The Morgan fingerprint density at radius 1 is 0.881 bits per heavy atom. The monoisotopic (exact) mass is 574 g/mol. The summed E-state index contributed by atoms with van der Waals surface area (Å²) in [5.41, 5.74) is 4.42. The average molecular weight is 575 g/mol. The van der Waals surface area contributed by atoms with Crippen molar-refractivity contribution in [3.05, 3.63) is 114 Å². The third-order valence-corrected chi connectivity index (χ3v) is 7.38. The molecule has 0 atom stereocenters. The van der Waals surface area contributed by atoms with Crippen LogP contribution in [-0.2, 0) is 6.42 Å². The van der Waals surface area contributed by atoms with E-state index in [1.165, 1.54) is 29.8 Å². The Morgan fingerprint density at radius 2 is 1.60 bits per heavy atom. The predicted octanol–water partition coefficient (Wildman–Crippen LogP) is 7.90. The molecule has 0 aliphatic carbocycles. The zero-order valence-electron chi connectivity index (χ0n) is 23.4. The molecule has 1 heterocycles. The molecule has 1 amide bonds. The van der Waals surface area contributed by atoms with Crippen molar-refractivity contribution in [1.29, 1.82) is 0 Å². The molecule has 1 N–H and O–H groups in total. The van der Waals surface area contributed by atoms with Gasteiger partial charge in [0.2, 0.25) is 0 Å². The number of piperidine rings is 1. The lowest BCUT2D eigenvalue weighted by Gasteiger charge is -2.32. The van der Waals surface area contributed by atoms with E-state index in [1.807, 2.05) is 37.3 Å².